The van der Waals surface area contributed by atoms with E-state index in [4.69, 9.17) is 4.74 Å². The number of para-hydroxylation sites is 1. The molecule has 1 aliphatic heterocycles. The number of nitrogens with zero attached hydrogens (tertiary/aromatic N) is 2. The number of aromatic nitrogens is 3. The van der Waals surface area contributed by atoms with Crippen molar-refractivity contribution in [1.29, 1.82) is 0 Å². The normalized spacial score (nSPS) is 16.7. The number of alkyl carbamates (subject to hydrolysis) is 1. The number of allylic oxidation sites excluding steroid dienone is 1. The van der Waals surface area contributed by atoms with Crippen LogP contribution in [0.15, 0.2) is 36.4 Å². The quantitative estimate of drug-likeness (QED) is 0.457. The Balaban J connectivity index is 1.54. The summed E-state index contributed by atoms with van der Waals surface area (Å²) in [4.78, 5) is 36.3. The molecule has 3 aromatic rings. The number of halogens is 1. The summed E-state index contributed by atoms with van der Waals surface area (Å²) < 4.78 is 19.5. The van der Waals surface area contributed by atoms with Gasteiger partial charge in [-0.3, -0.25) is 4.79 Å². The van der Waals surface area contributed by atoms with Crippen LogP contribution in [-0.4, -0.2) is 45.1 Å². The summed E-state index contributed by atoms with van der Waals surface area (Å²) in [6.45, 7) is 9.37. The lowest BCUT2D eigenvalue weighted by molar-refractivity contribution is 0.0517. The number of fused-ring (bicyclic) bond motifs is 2. The van der Waals surface area contributed by atoms with E-state index < -0.39 is 17.6 Å². The summed E-state index contributed by atoms with van der Waals surface area (Å²) in [7, 11) is 0. The summed E-state index contributed by atoms with van der Waals surface area (Å²) in [6.07, 6.45) is 4.06. The molecule has 3 heterocycles. The van der Waals surface area contributed by atoms with Crippen LogP contribution in [0.1, 0.15) is 61.8 Å². The van der Waals surface area contributed by atoms with Gasteiger partial charge in [-0.05, 0) is 53.2 Å². The molecule has 4 rings (SSSR count). The van der Waals surface area contributed by atoms with Gasteiger partial charge in [-0.25, -0.2) is 14.8 Å². The van der Waals surface area contributed by atoms with Crippen LogP contribution in [0.2, 0.25) is 0 Å². The molecule has 0 fully saturated rings. The molecule has 2 unspecified atom stereocenters. The van der Waals surface area contributed by atoms with Gasteiger partial charge in [-0.1, -0.05) is 24.3 Å². The first-order chi connectivity index (χ1) is 16.5. The highest BCUT2D eigenvalue weighted by Gasteiger charge is 2.28. The third-order valence-corrected chi connectivity index (χ3v) is 5.70. The van der Waals surface area contributed by atoms with E-state index in [2.05, 4.69) is 25.6 Å². The van der Waals surface area contributed by atoms with Crippen molar-refractivity contribution in [1.82, 2.24) is 25.6 Å². The summed E-state index contributed by atoms with van der Waals surface area (Å²) in [5, 5.41) is 5.71. The average molecular weight is 480 g/mol. The third-order valence-electron chi connectivity index (χ3n) is 5.70. The summed E-state index contributed by atoms with van der Waals surface area (Å²) in [6, 6.07) is 7.02. The van der Waals surface area contributed by atoms with E-state index in [-0.39, 0.29) is 23.6 Å². The molecule has 9 heteroatoms. The number of rotatable bonds is 5. The summed E-state index contributed by atoms with van der Waals surface area (Å²) in [5.74, 6) is -0.756. The number of benzene rings is 1. The van der Waals surface area contributed by atoms with Gasteiger partial charge < -0.3 is 20.4 Å². The molecule has 0 radical (unpaired) electrons. The van der Waals surface area contributed by atoms with Crippen LogP contribution in [0.4, 0.5) is 9.18 Å². The van der Waals surface area contributed by atoms with Crippen molar-refractivity contribution in [2.45, 2.75) is 58.6 Å². The summed E-state index contributed by atoms with van der Waals surface area (Å²) in [5.41, 5.74) is 3.44. The first-order valence-corrected chi connectivity index (χ1v) is 11.6. The van der Waals surface area contributed by atoms with Gasteiger partial charge in [0.15, 0.2) is 0 Å². The molecular weight excluding hydrogens is 449 g/mol. The molecule has 0 saturated heterocycles. The van der Waals surface area contributed by atoms with Crippen molar-refractivity contribution < 1.29 is 18.7 Å². The highest BCUT2D eigenvalue weighted by molar-refractivity contribution is 5.99. The van der Waals surface area contributed by atoms with Crippen molar-refractivity contribution in [3.05, 3.63) is 59.3 Å². The van der Waals surface area contributed by atoms with E-state index in [0.29, 0.717) is 40.8 Å². The Bertz CT molecular complexity index is 1310. The standard InChI is InChI=1S/C26H30FN5O3/c1-14(29-25(34)35-26(3,4)5)8-6-9-16-13-28-24(33)18-12-20(31-21(16)18)17-10-7-11-19-22(17)32-23(27)15(2)30-19/h6-8,10-12,14,16,31H,9,13H2,1-5H3,(H,28,33)(H,29,34). The predicted molar refractivity (Wildman–Crippen MR) is 132 cm³/mol. The number of aromatic amines is 1. The third kappa shape index (κ3) is 5.50. The number of carbonyl (C=O) groups is 2. The van der Waals surface area contributed by atoms with Crippen molar-refractivity contribution in [2.24, 2.45) is 0 Å². The Morgan fingerprint density at radius 2 is 2.09 bits per heavy atom. The van der Waals surface area contributed by atoms with Gasteiger partial charge in [-0.15, -0.1) is 0 Å². The Morgan fingerprint density at radius 1 is 1.31 bits per heavy atom. The molecule has 8 nitrogen and oxygen atoms in total. The zero-order valence-electron chi connectivity index (χ0n) is 20.5. The minimum Gasteiger partial charge on any atom is -0.444 e. The molecule has 1 aromatic carbocycles. The molecule has 0 saturated carbocycles. The zero-order chi connectivity index (χ0) is 25.3. The fourth-order valence-corrected chi connectivity index (χ4v) is 4.09. The fraction of sp³-hybridized carbons (Fsp3) is 0.385. The zero-order valence-corrected chi connectivity index (χ0v) is 20.5. The molecule has 2 aromatic heterocycles. The van der Waals surface area contributed by atoms with E-state index in [9.17, 15) is 14.0 Å². The smallest absolute Gasteiger partial charge is 0.408 e. The molecule has 35 heavy (non-hydrogen) atoms. The number of H-pyrrole nitrogens is 1. The van der Waals surface area contributed by atoms with Gasteiger partial charge in [0, 0.05) is 35.5 Å². The number of aryl methyl sites for hydroxylation is 1. The second kappa shape index (κ2) is 9.48. The second-order valence-electron chi connectivity index (χ2n) is 9.79. The van der Waals surface area contributed by atoms with Gasteiger partial charge in [0.25, 0.3) is 5.91 Å². The number of amides is 2. The number of hydrogen-bond acceptors (Lipinski definition) is 5. The highest BCUT2D eigenvalue weighted by atomic mass is 19.1. The number of hydrogen-bond donors (Lipinski definition) is 3. The SMILES string of the molecule is Cc1nc2cccc(-c3cc4c([nH]3)C(CC=CC(C)NC(=O)OC(C)(C)C)CNC4=O)c2nc1F. The highest BCUT2D eigenvalue weighted by Crippen LogP contribution is 2.33. The monoisotopic (exact) mass is 479 g/mol. The largest absolute Gasteiger partial charge is 0.444 e. The number of nitrogens with one attached hydrogen (secondary N) is 3. The van der Waals surface area contributed by atoms with E-state index in [1.54, 1.807) is 19.1 Å². The molecule has 0 spiro atoms. The molecule has 3 N–H and O–H groups in total. The van der Waals surface area contributed by atoms with Crippen LogP contribution in [0.25, 0.3) is 22.3 Å². The Morgan fingerprint density at radius 3 is 2.83 bits per heavy atom. The van der Waals surface area contributed by atoms with Gasteiger partial charge in [0.05, 0.1) is 16.8 Å². The predicted octanol–water partition coefficient (Wildman–Crippen LogP) is 4.76. The maximum absolute atomic E-state index is 14.2. The van der Waals surface area contributed by atoms with Gasteiger partial charge in [0.1, 0.15) is 11.1 Å². The van der Waals surface area contributed by atoms with Gasteiger partial charge in [-0.2, -0.15) is 4.39 Å². The minimum absolute atomic E-state index is 0.0152. The Hall–Kier alpha value is -3.75. The molecule has 0 bridgehead atoms. The topological polar surface area (TPSA) is 109 Å². The number of carbonyl (C=O) groups excluding carboxylic acids is 2. The van der Waals surface area contributed by atoms with Crippen LogP contribution in [-0.2, 0) is 4.74 Å². The maximum Gasteiger partial charge on any atom is 0.408 e. The second-order valence-corrected chi connectivity index (χ2v) is 9.79. The first-order valence-electron chi connectivity index (χ1n) is 11.6. The average Bonchev–Trinajstić information content (AvgIpc) is 3.21. The van der Waals surface area contributed by atoms with Crippen molar-refractivity contribution in [3.63, 3.8) is 0 Å². The first kappa shape index (κ1) is 24.4. The van der Waals surface area contributed by atoms with Crippen molar-refractivity contribution >= 4 is 23.0 Å². The lowest BCUT2D eigenvalue weighted by atomic mass is 9.94. The van der Waals surface area contributed by atoms with Crippen LogP contribution in [0.3, 0.4) is 0 Å². The fourth-order valence-electron chi connectivity index (χ4n) is 4.09. The molecule has 2 atom stereocenters. The maximum atomic E-state index is 14.2. The lowest BCUT2D eigenvalue weighted by Gasteiger charge is -2.22. The van der Waals surface area contributed by atoms with Crippen molar-refractivity contribution in [3.8, 4) is 11.3 Å². The Kier molecular flexibility index (Phi) is 6.60. The minimum atomic E-state index is -0.615. The molecular formula is C26H30FN5O3. The lowest BCUT2D eigenvalue weighted by Crippen LogP contribution is -2.36. The van der Waals surface area contributed by atoms with E-state index in [1.807, 2.05) is 52.0 Å². The van der Waals surface area contributed by atoms with E-state index in [1.165, 1.54) is 0 Å². The molecule has 1 aliphatic rings. The molecule has 0 aliphatic carbocycles. The van der Waals surface area contributed by atoms with Crippen LogP contribution in [0.5, 0.6) is 0 Å². The van der Waals surface area contributed by atoms with Crippen LogP contribution < -0.4 is 10.6 Å². The molecule has 184 valence electrons. The van der Waals surface area contributed by atoms with Crippen LogP contribution >= 0.6 is 0 Å². The molecule has 2 amide bonds. The van der Waals surface area contributed by atoms with E-state index in [0.717, 1.165) is 5.69 Å². The van der Waals surface area contributed by atoms with Gasteiger partial charge in [0.2, 0.25) is 5.95 Å². The number of ether oxygens (including phenoxy) is 1. The van der Waals surface area contributed by atoms with E-state index >= 15 is 0 Å². The van der Waals surface area contributed by atoms with Crippen molar-refractivity contribution in [2.75, 3.05) is 6.54 Å². The van der Waals surface area contributed by atoms with Gasteiger partial charge >= 0.3 is 6.09 Å². The summed E-state index contributed by atoms with van der Waals surface area (Å²) >= 11 is 0. The Labute approximate surface area is 203 Å². The van der Waals surface area contributed by atoms with Crippen LogP contribution in [0, 0.1) is 12.9 Å².